The second-order valence-electron chi connectivity index (χ2n) is 4.68. The molecule has 1 unspecified atom stereocenters. The maximum Gasteiger partial charge on any atom is 0.180 e. The van der Waals surface area contributed by atoms with Crippen LogP contribution in [0.3, 0.4) is 0 Å². The van der Waals surface area contributed by atoms with Crippen molar-refractivity contribution in [2.45, 2.75) is 12.3 Å². The first-order valence-corrected chi connectivity index (χ1v) is 9.55. The van der Waals surface area contributed by atoms with Gasteiger partial charge < -0.3 is 0 Å². The average molecular weight is 367 g/mol. The Bertz CT molecular complexity index is 772. The molecule has 0 fully saturated rings. The van der Waals surface area contributed by atoms with Crippen LogP contribution in [0.1, 0.15) is 37.2 Å². The summed E-state index contributed by atoms with van der Waals surface area (Å²) in [6.45, 7) is 0. The molecule has 0 bridgehead atoms. The Morgan fingerprint density at radius 2 is 1.95 bits per heavy atom. The van der Waals surface area contributed by atoms with Crippen molar-refractivity contribution in [1.82, 2.24) is 0 Å². The molecular weight excluding hydrogens is 356 g/mol. The number of carbonyl (C=O) groups excluding carboxylic acids is 2. The molecule has 0 saturated carbocycles. The van der Waals surface area contributed by atoms with Crippen LogP contribution in [-0.2, 0) is 0 Å². The fourth-order valence-corrected chi connectivity index (χ4v) is 4.60. The van der Waals surface area contributed by atoms with E-state index in [4.69, 9.17) is 11.6 Å². The molecule has 112 valence electrons. The highest BCUT2D eigenvalue weighted by atomic mass is 35.5. The summed E-state index contributed by atoms with van der Waals surface area (Å²) in [6.07, 6.45) is 0.171. The summed E-state index contributed by atoms with van der Waals surface area (Å²) in [5.41, 5.74) is 0.902. The Kier molecular flexibility index (Phi) is 4.88. The fraction of sp³-hybridized carbons (Fsp3) is 0.125. The van der Waals surface area contributed by atoms with Crippen LogP contribution in [0.25, 0.3) is 0 Å². The molecule has 0 aliphatic rings. The number of carbonyl (C=O) groups is 2. The largest absolute Gasteiger partial charge is 0.293 e. The van der Waals surface area contributed by atoms with E-state index in [0.29, 0.717) is 14.1 Å². The van der Waals surface area contributed by atoms with Crippen molar-refractivity contribution in [3.63, 3.8) is 0 Å². The van der Waals surface area contributed by atoms with Crippen LogP contribution in [0.5, 0.6) is 0 Å². The van der Waals surface area contributed by atoms with Gasteiger partial charge in [0.1, 0.15) is 0 Å². The van der Waals surface area contributed by atoms with Gasteiger partial charge in [0.25, 0.3) is 0 Å². The molecule has 6 heteroatoms. The molecule has 2 nitrogen and oxygen atoms in total. The molecule has 0 N–H and O–H groups in total. The Morgan fingerprint density at radius 3 is 2.55 bits per heavy atom. The van der Waals surface area contributed by atoms with Crippen LogP contribution in [0.4, 0.5) is 0 Å². The van der Waals surface area contributed by atoms with Crippen molar-refractivity contribution < 1.29 is 9.59 Å². The van der Waals surface area contributed by atoms with Crippen molar-refractivity contribution in [1.29, 1.82) is 0 Å². The minimum absolute atomic E-state index is 0.00408. The maximum absolute atomic E-state index is 12.7. The molecule has 0 amide bonds. The summed E-state index contributed by atoms with van der Waals surface area (Å²) in [5, 5.41) is 5.74. The number of Topliss-reactive ketones (excluding diaryl/α,β-unsaturated/α-hetero) is 2. The first-order chi connectivity index (χ1) is 10.6. The highest BCUT2D eigenvalue weighted by Gasteiger charge is 2.27. The number of halogens is 1. The van der Waals surface area contributed by atoms with E-state index < -0.39 is 5.92 Å². The van der Waals surface area contributed by atoms with Crippen molar-refractivity contribution in [3.05, 3.63) is 66.1 Å². The van der Waals surface area contributed by atoms with Gasteiger partial charge in [-0.2, -0.15) is 11.3 Å². The van der Waals surface area contributed by atoms with Gasteiger partial charge >= 0.3 is 0 Å². The first kappa shape index (κ1) is 15.6. The third kappa shape index (κ3) is 3.38. The van der Waals surface area contributed by atoms with E-state index in [1.54, 1.807) is 18.2 Å². The summed E-state index contributed by atoms with van der Waals surface area (Å²) in [5.74, 6) is -0.472. The molecule has 22 heavy (non-hydrogen) atoms. The molecule has 0 radical (unpaired) electrons. The summed E-state index contributed by atoms with van der Waals surface area (Å²) < 4.78 is 0.583. The lowest BCUT2D eigenvalue weighted by atomic mass is 9.90. The average Bonchev–Trinajstić information content (AvgIpc) is 3.24. The number of thiophene rings is 3. The number of rotatable bonds is 6. The number of hydrogen-bond donors (Lipinski definition) is 0. The van der Waals surface area contributed by atoms with E-state index >= 15 is 0 Å². The van der Waals surface area contributed by atoms with Gasteiger partial charge in [-0.15, -0.1) is 22.7 Å². The van der Waals surface area contributed by atoms with Gasteiger partial charge in [0.05, 0.1) is 20.0 Å². The molecule has 3 heterocycles. The van der Waals surface area contributed by atoms with E-state index in [2.05, 4.69) is 0 Å². The Balaban J connectivity index is 1.86. The molecule has 3 aromatic rings. The van der Waals surface area contributed by atoms with Crippen LogP contribution < -0.4 is 0 Å². The first-order valence-electron chi connectivity index (χ1n) is 6.53. The summed E-state index contributed by atoms with van der Waals surface area (Å²) in [7, 11) is 0. The lowest BCUT2D eigenvalue weighted by Gasteiger charge is -2.12. The van der Waals surface area contributed by atoms with Gasteiger partial charge in [0.15, 0.2) is 11.6 Å². The molecule has 0 aliphatic carbocycles. The third-order valence-electron chi connectivity index (χ3n) is 3.26. The molecular formula is C16H11ClO2S3. The normalized spacial score (nSPS) is 12.2. The van der Waals surface area contributed by atoms with Crippen LogP contribution in [0.15, 0.2) is 46.5 Å². The second kappa shape index (κ2) is 6.87. The third-order valence-corrected chi connectivity index (χ3v) is 6.12. The Labute approximate surface area is 145 Å². The molecule has 3 rings (SSSR count). The van der Waals surface area contributed by atoms with Crippen molar-refractivity contribution in [3.8, 4) is 0 Å². The molecule has 0 aromatic carbocycles. The zero-order valence-corrected chi connectivity index (χ0v) is 14.5. The van der Waals surface area contributed by atoms with Gasteiger partial charge in [-0.1, -0.05) is 17.7 Å². The molecule has 0 saturated heterocycles. The minimum Gasteiger partial charge on any atom is -0.293 e. The molecule has 0 aliphatic heterocycles. The predicted octanol–water partition coefficient (Wildman–Crippen LogP) is 5.76. The molecule has 1 atom stereocenters. The Hall–Kier alpha value is -1.27. The fourth-order valence-electron chi connectivity index (χ4n) is 2.18. The van der Waals surface area contributed by atoms with Crippen LogP contribution >= 0.6 is 45.6 Å². The predicted molar refractivity (Wildman–Crippen MR) is 94.0 cm³/mol. The van der Waals surface area contributed by atoms with Crippen molar-refractivity contribution >= 4 is 57.2 Å². The summed E-state index contributed by atoms with van der Waals surface area (Å²) in [4.78, 5) is 26.4. The van der Waals surface area contributed by atoms with Crippen molar-refractivity contribution in [2.24, 2.45) is 0 Å². The van der Waals surface area contributed by atoms with Crippen molar-refractivity contribution in [2.75, 3.05) is 0 Å². The van der Waals surface area contributed by atoms with Gasteiger partial charge in [0, 0.05) is 6.42 Å². The van der Waals surface area contributed by atoms with Crippen LogP contribution in [0.2, 0.25) is 4.34 Å². The summed E-state index contributed by atoms with van der Waals surface area (Å²) >= 11 is 10.1. The van der Waals surface area contributed by atoms with E-state index in [9.17, 15) is 9.59 Å². The number of ketones is 2. The van der Waals surface area contributed by atoms with Gasteiger partial charge in [-0.25, -0.2) is 0 Å². The standard InChI is InChI=1S/C16H11ClO2S3/c17-15-4-3-13(22-15)12(18)8-11(10-5-7-20-9-10)16(19)14-2-1-6-21-14/h1-7,9,11H,8H2. The van der Waals surface area contributed by atoms with Gasteiger partial charge in [0.2, 0.25) is 0 Å². The second-order valence-corrected chi connectivity index (χ2v) is 8.12. The van der Waals surface area contributed by atoms with Crippen LogP contribution in [0, 0.1) is 0 Å². The zero-order chi connectivity index (χ0) is 15.5. The maximum atomic E-state index is 12.7. The quantitative estimate of drug-likeness (QED) is 0.519. The lowest BCUT2D eigenvalue weighted by molar-refractivity contribution is 0.0898. The van der Waals surface area contributed by atoms with E-state index in [-0.39, 0.29) is 18.0 Å². The van der Waals surface area contributed by atoms with E-state index in [1.807, 2.05) is 28.3 Å². The monoisotopic (exact) mass is 366 g/mol. The minimum atomic E-state index is -0.432. The lowest BCUT2D eigenvalue weighted by Crippen LogP contribution is -2.15. The van der Waals surface area contributed by atoms with Crippen LogP contribution in [-0.4, -0.2) is 11.6 Å². The SMILES string of the molecule is O=C(CC(C(=O)c1cccs1)c1ccsc1)c1ccc(Cl)s1. The smallest absolute Gasteiger partial charge is 0.180 e. The Morgan fingerprint density at radius 1 is 1.09 bits per heavy atom. The molecule has 3 aromatic heterocycles. The van der Waals surface area contributed by atoms with Gasteiger partial charge in [-0.3, -0.25) is 9.59 Å². The molecule has 0 spiro atoms. The highest BCUT2D eigenvalue weighted by Crippen LogP contribution is 2.31. The topological polar surface area (TPSA) is 34.1 Å². The van der Waals surface area contributed by atoms with E-state index in [0.717, 1.165) is 5.56 Å². The number of hydrogen-bond acceptors (Lipinski definition) is 5. The zero-order valence-electron chi connectivity index (χ0n) is 11.3. The highest BCUT2D eigenvalue weighted by molar-refractivity contribution is 7.18. The summed E-state index contributed by atoms with van der Waals surface area (Å²) in [6, 6.07) is 8.99. The van der Waals surface area contributed by atoms with Gasteiger partial charge in [-0.05, 0) is 46.0 Å². The van der Waals surface area contributed by atoms with E-state index in [1.165, 1.54) is 34.0 Å².